The standard InChI is InChI=1S/C17H22N4O/c1-12-3-4-15(13(2)20-12)16-6-9-19-17(21-16)18-8-5-14-7-10-22-11-14/h3-4,6,9,14H,5,7-8,10-11H2,1-2H3,(H,18,19,21). The molecule has 1 saturated heterocycles. The van der Waals surface area contributed by atoms with E-state index in [0.29, 0.717) is 11.9 Å². The average Bonchev–Trinajstić information content (AvgIpc) is 3.01. The van der Waals surface area contributed by atoms with Gasteiger partial charge in [0.15, 0.2) is 0 Å². The van der Waals surface area contributed by atoms with Gasteiger partial charge in [0.25, 0.3) is 0 Å². The van der Waals surface area contributed by atoms with Gasteiger partial charge in [-0.1, -0.05) is 0 Å². The number of aromatic nitrogens is 3. The zero-order chi connectivity index (χ0) is 15.4. The van der Waals surface area contributed by atoms with E-state index in [9.17, 15) is 0 Å². The number of pyridine rings is 1. The van der Waals surface area contributed by atoms with Crippen molar-refractivity contribution >= 4 is 5.95 Å². The molecule has 2 aromatic heterocycles. The van der Waals surface area contributed by atoms with Gasteiger partial charge < -0.3 is 10.1 Å². The summed E-state index contributed by atoms with van der Waals surface area (Å²) in [7, 11) is 0. The summed E-state index contributed by atoms with van der Waals surface area (Å²) in [6.07, 6.45) is 4.05. The molecule has 1 aliphatic rings. The third kappa shape index (κ3) is 3.60. The number of ether oxygens (including phenoxy) is 1. The third-order valence-corrected chi connectivity index (χ3v) is 4.02. The Balaban J connectivity index is 1.66. The summed E-state index contributed by atoms with van der Waals surface area (Å²) in [4.78, 5) is 13.4. The van der Waals surface area contributed by atoms with Crippen molar-refractivity contribution in [2.24, 2.45) is 5.92 Å². The highest BCUT2D eigenvalue weighted by molar-refractivity contribution is 5.62. The molecule has 0 amide bonds. The molecule has 116 valence electrons. The van der Waals surface area contributed by atoms with E-state index in [1.807, 2.05) is 26.0 Å². The van der Waals surface area contributed by atoms with Crippen molar-refractivity contribution in [3.8, 4) is 11.3 Å². The van der Waals surface area contributed by atoms with Crippen molar-refractivity contribution in [3.05, 3.63) is 35.8 Å². The van der Waals surface area contributed by atoms with Crippen molar-refractivity contribution in [3.63, 3.8) is 0 Å². The molecule has 22 heavy (non-hydrogen) atoms. The van der Waals surface area contributed by atoms with Crippen LogP contribution in [0, 0.1) is 19.8 Å². The van der Waals surface area contributed by atoms with Crippen LogP contribution in [0.15, 0.2) is 24.4 Å². The van der Waals surface area contributed by atoms with Gasteiger partial charge in [-0.3, -0.25) is 4.98 Å². The van der Waals surface area contributed by atoms with E-state index in [1.54, 1.807) is 6.20 Å². The maximum Gasteiger partial charge on any atom is 0.223 e. The van der Waals surface area contributed by atoms with Crippen molar-refractivity contribution in [1.82, 2.24) is 15.0 Å². The van der Waals surface area contributed by atoms with E-state index in [0.717, 1.165) is 55.2 Å². The number of rotatable bonds is 5. The maximum absolute atomic E-state index is 5.39. The summed E-state index contributed by atoms with van der Waals surface area (Å²) < 4.78 is 5.39. The molecule has 1 aliphatic heterocycles. The van der Waals surface area contributed by atoms with Gasteiger partial charge >= 0.3 is 0 Å². The highest BCUT2D eigenvalue weighted by Crippen LogP contribution is 2.21. The topological polar surface area (TPSA) is 59.9 Å². The fraction of sp³-hybridized carbons (Fsp3) is 0.471. The molecule has 0 aliphatic carbocycles. The van der Waals surface area contributed by atoms with Gasteiger partial charge in [-0.15, -0.1) is 0 Å². The fourth-order valence-electron chi connectivity index (χ4n) is 2.75. The van der Waals surface area contributed by atoms with Gasteiger partial charge in [-0.05, 0) is 50.8 Å². The molecule has 0 bridgehead atoms. The number of hydrogen-bond acceptors (Lipinski definition) is 5. The molecule has 0 saturated carbocycles. The number of nitrogens with zero attached hydrogens (tertiary/aromatic N) is 3. The van der Waals surface area contributed by atoms with Gasteiger partial charge in [0.2, 0.25) is 5.95 Å². The van der Waals surface area contributed by atoms with Gasteiger partial charge in [0, 0.05) is 42.9 Å². The smallest absolute Gasteiger partial charge is 0.223 e. The lowest BCUT2D eigenvalue weighted by atomic mass is 10.1. The van der Waals surface area contributed by atoms with Crippen LogP contribution in [0.1, 0.15) is 24.2 Å². The van der Waals surface area contributed by atoms with E-state index < -0.39 is 0 Å². The normalized spacial score (nSPS) is 17.6. The fourth-order valence-corrected chi connectivity index (χ4v) is 2.75. The first-order valence-corrected chi connectivity index (χ1v) is 7.81. The summed E-state index contributed by atoms with van der Waals surface area (Å²) in [5.41, 5.74) is 3.98. The van der Waals surface area contributed by atoms with Crippen LogP contribution in [0.25, 0.3) is 11.3 Å². The molecule has 0 spiro atoms. The molecule has 5 nitrogen and oxygen atoms in total. The zero-order valence-corrected chi connectivity index (χ0v) is 13.2. The van der Waals surface area contributed by atoms with Crippen LogP contribution in [0.2, 0.25) is 0 Å². The van der Waals surface area contributed by atoms with Crippen LogP contribution < -0.4 is 5.32 Å². The summed E-state index contributed by atoms with van der Waals surface area (Å²) in [6, 6.07) is 6.01. The zero-order valence-electron chi connectivity index (χ0n) is 13.2. The van der Waals surface area contributed by atoms with E-state index in [-0.39, 0.29) is 0 Å². The second kappa shape index (κ2) is 6.83. The Bertz CT molecular complexity index is 638. The maximum atomic E-state index is 5.39. The summed E-state index contributed by atoms with van der Waals surface area (Å²) >= 11 is 0. The first-order chi connectivity index (χ1) is 10.7. The first kappa shape index (κ1) is 14.9. The number of anilines is 1. The van der Waals surface area contributed by atoms with E-state index in [4.69, 9.17) is 4.74 Å². The van der Waals surface area contributed by atoms with Gasteiger partial charge in [-0.25, -0.2) is 9.97 Å². The lowest BCUT2D eigenvalue weighted by Gasteiger charge is -2.10. The number of hydrogen-bond donors (Lipinski definition) is 1. The molecule has 0 aromatic carbocycles. The minimum Gasteiger partial charge on any atom is -0.381 e. The van der Waals surface area contributed by atoms with Gasteiger partial charge in [0.1, 0.15) is 0 Å². The van der Waals surface area contributed by atoms with Crippen molar-refractivity contribution in [1.29, 1.82) is 0 Å². The Labute approximate surface area is 131 Å². The van der Waals surface area contributed by atoms with E-state index in [1.165, 1.54) is 0 Å². The minimum absolute atomic E-state index is 0.666. The van der Waals surface area contributed by atoms with Gasteiger partial charge in [-0.2, -0.15) is 0 Å². The lowest BCUT2D eigenvalue weighted by molar-refractivity contribution is 0.185. The molecular weight excluding hydrogens is 276 g/mol. The SMILES string of the molecule is Cc1ccc(-c2ccnc(NCCC3CCOC3)n2)c(C)n1. The first-order valence-electron chi connectivity index (χ1n) is 7.81. The van der Waals surface area contributed by atoms with Crippen molar-refractivity contribution in [2.45, 2.75) is 26.7 Å². The summed E-state index contributed by atoms with van der Waals surface area (Å²) in [5.74, 6) is 1.34. The molecule has 1 N–H and O–H groups in total. The molecule has 1 atom stereocenters. The Kier molecular flexibility index (Phi) is 4.63. The molecule has 1 fully saturated rings. The van der Waals surface area contributed by atoms with Crippen LogP contribution >= 0.6 is 0 Å². The van der Waals surface area contributed by atoms with Crippen molar-refractivity contribution < 1.29 is 4.74 Å². The Morgan fingerprint density at radius 3 is 2.91 bits per heavy atom. The predicted octanol–water partition coefficient (Wildman–Crippen LogP) is 2.99. The molecule has 2 aromatic rings. The lowest BCUT2D eigenvalue weighted by Crippen LogP contribution is -2.11. The number of nitrogens with one attached hydrogen (secondary N) is 1. The molecule has 0 radical (unpaired) electrons. The molecule has 5 heteroatoms. The molecular formula is C17H22N4O. The Hall–Kier alpha value is -2.01. The third-order valence-electron chi connectivity index (χ3n) is 4.02. The van der Waals surface area contributed by atoms with Crippen LogP contribution in [0.5, 0.6) is 0 Å². The van der Waals surface area contributed by atoms with E-state index in [2.05, 4.69) is 26.3 Å². The molecule has 3 rings (SSSR count). The van der Waals surface area contributed by atoms with Crippen LogP contribution in [-0.2, 0) is 4.74 Å². The van der Waals surface area contributed by atoms with Crippen LogP contribution in [0.4, 0.5) is 5.95 Å². The second-order valence-electron chi connectivity index (χ2n) is 5.80. The second-order valence-corrected chi connectivity index (χ2v) is 5.80. The predicted molar refractivity (Wildman–Crippen MR) is 86.8 cm³/mol. The average molecular weight is 298 g/mol. The largest absolute Gasteiger partial charge is 0.381 e. The quantitative estimate of drug-likeness (QED) is 0.919. The highest BCUT2D eigenvalue weighted by atomic mass is 16.5. The minimum atomic E-state index is 0.666. The summed E-state index contributed by atoms with van der Waals surface area (Å²) in [5, 5.41) is 3.31. The highest BCUT2D eigenvalue weighted by Gasteiger charge is 2.15. The Morgan fingerprint density at radius 1 is 1.23 bits per heavy atom. The van der Waals surface area contributed by atoms with Crippen molar-refractivity contribution in [2.75, 3.05) is 25.1 Å². The monoisotopic (exact) mass is 298 g/mol. The van der Waals surface area contributed by atoms with Crippen LogP contribution in [-0.4, -0.2) is 34.7 Å². The molecule has 3 heterocycles. The summed E-state index contributed by atoms with van der Waals surface area (Å²) in [6.45, 7) is 6.67. The van der Waals surface area contributed by atoms with E-state index >= 15 is 0 Å². The van der Waals surface area contributed by atoms with Crippen LogP contribution in [0.3, 0.4) is 0 Å². The Morgan fingerprint density at radius 2 is 2.14 bits per heavy atom. The molecule has 1 unspecified atom stereocenters. The van der Waals surface area contributed by atoms with Gasteiger partial charge in [0.05, 0.1) is 5.69 Å². The number of aryl methyl sites for hydroxylation is 2.